The van der Waals surface area contributed by atoms with Crippen LogP contribution in [0.15, 0.2) is 30.3 Å². The van der Waals surface area contributed by atoms with Crippen molar-refractivity contribution < 1.29 is 9.59 Å². The molecule has 30 heavy (non-hydrogen) atoms. The van der Waals surface area contributed by atoms with Gasteiger partial charge >= 0.3 is 6.03 Å². The first-order chi connectivity index (χ1) is 14.6. The Morgan fingerprint density at radius 2 is 1.90 bits per heavy atom. The van der Waals surface area contributed by atoms with E-state index in [4.69, 9.17) is 5.10 Å². The van der Waals surface area contributed by atoms with E-state index in [2.05, 4.69) is 5.32 Å². The van der Waals surface area contributed by atoms with Crippen LogP contribution < -0.4 is 5.32 Å². The van der Waals surface area contributed by atoms with Gasteiger partial charge in [0.25, 0.3) is 0 Å². The van der Waals surface area contributed by atoms with Crippen molar-refractivity contribution in [1.29, 1.82) is 0 Å². The van der Waals surface area contributed by atoms with Crippen LogP contribution in [0, 0.1) is 5.92 Å². The maximum Gasteiger partial charge on any atom is 0.320 e. The first kappa shape index (κ1) is 20.4. The third-order valence-corrected chi connectivity index (χ3v) is 6.25. The van der Waals surface area contributed by atoms with Crippen molar-refractivity contribution in [1.82, 2.24) is 19.6 Å². The predicted octanol–water partition coefficient (Wildman–Crippen LogP) is 3.47. The van der Waals surface area contributed by atoms with Crippen molar-refractivity contribution in [3.63, 3.8) is 0 Å². The highest BCUT2D eigenvalue weighted by atomic mass is 16.2. The van der Waals surface area contributed by atoms with Gasteiger partial charge < -0.3 is 15.1 Å². The molecule has 1 atom stereocenters. The molecule has 1 fully saturated rings. The number of benzene rings is 1. The Morgan fingerprint density at radius 1 is 1.13 bits per heavy atom. The van der Waals surface area contributed by atoms with Gasteiger partial charge in [-0.05, 0) is 58.1 Å². The lowest BCUT2D eigenvalue weighted by Crippen LogP contribution is -2.49. The number of carbonyl (C=O) groups excluding carboxylic acids is 2. The van der Waals surface area contributed by atoms with E-state index in [1.54, 1.807) is 0 Å². The Balaban J connectivity index is 1.52. The maximum atomic E-state index is 13.2. The minimum atomic E-state index is -0.200. The number of fused-ring (bicyclic) bond motifs is 1. The fourth-order valence-electron chi connectivity index (χ4n) is 4.55. The molecule has 2 aromatic rings. The average molecular weight is 410 g/mol. The Kier molecular flexibility index (Phi) is 6.06. The van der Waals surface area contributed by atoms with Crippen LogP contribution in [0.5, 0.6) is 0 Å². The second-order valence-electron chi connectivity index (χ2n) is 8.10. The molecule has 0 bridgehead atoms. The number of amides is 3. The number of rotatable bonds is 5. The van der Waals surface area contributed by atoms with Gasteiger partial charge in [0.15, 0.2) is 0 Å². The quantitative estimate of drug-likeness (QED) is 0.822. The summed E-state index contributed by atoms with van der Waals surface area (Å²) in [7, 11) is 0. The number of carbonyl (C=O) groups is 2. The van der Waals surface area contributed by atoms with Gasteiger partial charge in [-0.3, -0.25) is 4.79 Å². The molecule has 160 valence electrons. The molecule has 4 rings (SSSR count). The average Bonchev–Trinajstić information content (AvgIpc) is 3.38. The van der Waals surface area contributed by atoms with E-state index in [0.717, 1.165) is 61.4 Å². The molecule has 0 saturated carbocycles. The maximum absolute atomic E-state index is 13.2. The molecule has 1 N–H and O–H groups in total. The summed E-state index contributed by atoms with van der Waals surface area (Å²) in [5.74, 6) is 0.583. The summed E-state index contributed by atoms with van der Waals surface area (Å²) in [4.78, 5) is 29.6. The number of anilines is 1. The Morgan fingerprint density at radius 3 is 2.63 bits per heavy atom. The summed E-state index contributed by atoms with van der Waals surface area (Å²) in [5, 5.41) is 7.96. The van der Waals surface area contributed by atoms with Crippen molar-refractivity contribution in [2.75, 3.05) is 31.5 Å². The normalized spacial score (nSPS) is 18.2. The van der Waals surface area contributed by atoms with Gasteiger partial charge in [-0.2, -0.15) is 5.10 Å². The molecule has 7 nitrogen and oxygen atoms in total. The van der Waals surface area contributed by atoms with Gasteiger partial charge in [0.2, 0.25) is 5.91 Å². The smallest absolute Gasteiger partial charge is 0.320 e. The molecule has 7 heteroatoms. The van der Waals surface area contributed by atoms with Gasteiger partial charge in [-0.25, -0.2) is 9.48 Å². The van der Waals surface area contributed by atoms with E-state index in [9.17, 15) is 9.59 Å². The zero-order valence-electron chi connectivity index (χ0n) is 17.9. The highest BCUT2D eigenvalue weighted by Crippen LogP contribution is 2.31. The van der Waals surface area contributed by atoms with Crippen LogP contribution in [-0.4, -0.2) is 57.7 Å². The highest BCUT2D eigenvalue weighted by molar-refractivity contribution is 5.93. The Bertz CT molecular complexity index is 904. The molecule has 1 aliphatic carbocycles. The van der Waals surface area contributed by atoms with Crippen LogP contribution in [0.4, 0.5) is 10.6 Å². The van der Waals surface area contributed by atoms with Crippen LogP contribution in [0.3, 0.4) is 0 Å². The van der Waals surface area contributed by atoms with E-state index in [0.29, 0.717) is 19.6 Å². The number of para-hydroxylation sites is 1. The molecule has 3 amide bonds. The lowest BCUT2D eigenvalue weighted by molar-refractivity contribution is -0.121. The van der Waals surface area contributed by atoms with Gasteiger partial charge in [0, 0.05) is 31.7 Å². The molecule has 1 aromatic carbocycles. The fourth-order valence-corrected chi connectivity index (χ4v) is 4.55. The number of aryl methyl sites for hydroxylation is 1. The number of nitrogens with zero attached hydrogens (tertiary/aromatic N) is 4. The Hall–Kier alpha value is -2.83. The van der Waals surface area contributed by atoms with Gasteiger partial charge in [0.05, 0.1) is 17.3 Å². The summed E-state index contributed by atoms with van der Waals surface area (Å²) in [6, 6.07) is 9.97. The summed E-state index contributed by atoms with van der Waals surface area (Å²) in [6.07, 6.45) is 4.62. The standard InChI is InChI=1S/C23H31N5O2/c1-3-26(4-2)23(30)27-15-9-10-17(16-27)22(29)24-21-19-13-8-14-20(19)25-28(21)18-11-6-5-7-12-18/h5-7,11-12,17H,3-4,8-10,13-16H2,1-2H3,(H,24,29)/t17-/m0/s1. The summed E-state index contributed by atoms with van der Waals surface area (Å²) in [5.41, 5.74) is 3.18. The topological polar surface area (TPSA) is 70.5 Å². The molecule has 1 saturated heterocycles. The van der Waals surface area contributed by atoms with Crippen molar-refractivity contribution in [2.24, 2.45) is 5.92 Å². The zero-order chi connectivity index (χ0) is 21.1. The molecule has 1 aromatic heterocycles. The molecule has 2 aliphatic rings. The van der Waals surface area contributed by atoms with E-state index >= 15 is 0 Å². The lowest BCUT2D eigenvalue weighted by atomic mass is 9.97. The second kappa shape index (κ2) is 8.90. The number of nitrogens with one attached hydrogen (secondary N) is 1. The van der Waals surface area contributed by atoms with Crippen molar-refractivity contribution in [3.8, 4) is 5.69 Å². The van der Waals surface area contributed by atoms with Crippen LogP contribution in [0.2, 0.25) is 0 Å². The third kappa shape index (κ3) is 3.93. The number of aromatic nitrogens is 2. The second-order valence-corrected chi connectivity index (χ2v) is 8.10. The minimum absolute atomic E-state index is 0.0150. The third-order valence-electron chi connectivity index (χ3n) is 6.25. The molecule has 2 heterocycles. The number of hydrogen-bond acceptors (Lipinski definition) is 3. The predicted molar refractivity (Wildman–Crippen MR) is 117 cm³/mol. The molecule has 0 spiro atoms. The van der Waals surface area contributed by atoms with Crippen molar-refractivity contribution in [3.05, 3.63) is 41.6 Å². The van der Waals surface area contributed by atoms with E-state index < -0.39 is 0 Å². The van der Waals surface area contributed by atoms with Crippen LogP contribution >= 0.6 is 0 Å². The number of hydrogen-bond donors (Lipinski definition) is 1. The molecule has 0 radical (unpaired) electrons. The molecule has 0 unspecified atom stereocenters. The summed E-state index contributed by atoms with van der Waals surface area (Å²) < 4.78 is 1.86. The highest BCUT2D eigenvalue weighted by Gasteiger charge is 2.32. The van der Waals surface area contributed by atoms with Gasteiger partial charge in [-0.1, -0.05) is 18.2 Å². The van der Waals surface area contributed by atoms with E-state index in [1.807, 2.05) is 58.7 Å². The first-order valence-corrected chi connectivity index (χ1v) is 11.1. The number of likely N-dealkylation sites (tertiary alicyclic amines) is 1. The zero-order valence-corrected chi connectivity index (χ0v) is 17.9. The van der Waals surface area contributed by atoms with Crippen molar-refractivity contribution in [2.45, 2.75) is 46.0 Å². The SMILES string of the molecule is CCN(CC)C(=O)N1CCC[C@H](C(=O)Nc2c3c(nn2-c2ccccc2)CCC3)C1. The van der Waals surface area contributed by atoms with E-state index in [1.165, 1.54) is 0 Å². The summed E-state index contributed by atoms with van der Waals surface area (Å²) >= 11 is 0. The summed E-state index contributed by atoms with van der Waals surface area (Å²) in [6.45, 7) is 6.54. The van der Waals surface area contributed by atoms with Crippen molar-refractivity contribution >= 4 is 17.8 Å². The van der Waals surface area contributed by atoms with Crippen LogP contribution in [0.1, 0.15) is 44.4 Å². The number of urea groups is 1. The fraction of sp³-hybridized carbons (Fsp3) is 0.522. The van der Waals surface area contributed by atoms with Gasteiger partial charge in [-0.15, -0.1) is 0 Å². The monoisotopic (exact) mass is 409 g/mol. The molecule has 1 aliphatic heterocycles. The minimum Gasteiger partial charge on any atom is -0.325 e. The molecular formula is C23H31N5O2. The van der Waals surface area contributed by atoms with E-state index in [-0.39, 0.29) is 17.9 Å². The van der Waals surface area contributed by atoms with Crippen LogP contribution in [0.25, 0.3) is 5.69 Å². The first-order valence-electron chi connectivity index (χ1n) is 11.1. The molecular weight excluding hydrogens is 378 g/mol. The largest absolute Gasteiger partial charge is 0.325 e. The Labute approximate surface area is 178 Å². The number of piperidine rings is 1. The van der Waals surface area contributed by atoms with Gasteiger partial charge in [0.1, 0.15) is 5.82 Å². The lowest BCUT2D eigenvalue weighted by Gasteiger charge is -2.35. The van der Waals surface area contributed by atoms with Crippen LogP contribution in [-0.2, 0) is 17.6 Å².